The summed E-state index contributed by atoms with van der Waals surface area (Å²) < 4.78 is 0. The molecule has 0 aliphatic heterocycles. The average Bonchev–Trinajstić information content (AvgIpc) is 2.69. The lowest BCUT2D eigenvalue weighted by molar-refractivity contribution is 0.0606. The Hall–Kier alpha value is -0.590. The Balaban J connectivity index is 2.26. The van der Waals surface area contributed by atoms with Crippen LogP contribution in [0.2, 0.25) is 0 Å². The van der Waals surface area contributed by atoms with E-state index in [-0.39, 0.29) is 0 Å². The second-order valence-electron chi connectivity index (χ2n) is 12.8. The van der Waals surface area contributed by atoms with E-state index in [1.165, 1.54) is 70.6 Å². The van der Waals surface area contributed by atoms with Crippen molar-refractivity contribution in [2.45, 2.75) is 138 Å². The van der Waals surface area contributed by atoms with Gasteiger partial charge in [-0.15, -0.1) is 6.58 Å². The maximum Gasteiger partial charge on any atom is 0.0526 e. The van der Waals surface area contributed by atoms with Gasteiger partial charge in [0.2, 0.25) is 0 Å². The highest BCUT2D eigenvalue weighted by Gasteiger charge is 2.37. The van der Waals surface area contributed by atoms with E-state index in [1.807, 2.05) is 6.08 Å². The fourth-order valence-electron chi connectivity index (χ4n) is 6.09. The third-order valence-electron chi connectivity index (χ3n) is 8.63. The Kier molecular flexibility index (Phi) is 12.7. The van der Waals surface area contributed by atoms with Gasteiger partial charge in [0, 0.05) is 0 Å². The molecule has 0 radical (unpaired) electrons. The number of unbranched alkanes of at least 4 members (excludes halogenated alkanes) is 1. The zero-order valence-corrected chi connectivity index (χ0v) is 22.5. The third-order valence-corrected chi connectivity index (χ3v) is 8.63. The molecule has 1 heteroatoms. The number of nitrogens with zero attached hydrogens (tertiary/aromatic N) is 1. The Bertz CT molecular complexity index is 503. The van der Waals surface area contributed by atoms with E-state index < -0.39 is 0 Å². The molecule has 0 spiro atoms. The lowest BCUT2D eigenvalue weighted by atomic mass is 9.61. The lowest BCUT2D eigenvalue weighted by Crippen LogP contribution is -2.34. The molecule has 1 saturated carbocycles. The molecule has 1 fully saturated rings. The first kappa shape index (κ1) is 28.4. The minimum Gasteiger partial charge on any atom is -0.297 e. The molecule has 1 rings (SSSR count). The van der Waals surface area contributed by atoms with Gasteiger partial charge in [0.05, 0.1) is 6.04 Å². The Morgan fingerprint density at radius 3 is 2.35 bits per heavy atom. The maximum atomic E-state index is 4.24. The van der Waals surface area contributed by atoms with Crippen LogP contribution in [0.1, 0.15) is 132 Å². The van der Waals surface area contributed by atoms with E-state index in [0.717, 1.165) is 36.5 Å². The van der Waals surface area contributed by atoms with Crippen molar-refractivity contribution < 1.29 is 0 Å². The van der Waals surface area contributed by atoms with E-state index >= 15 is 0 Å². The van der Waals surface area contributed by atoms with Gasteiger partial charge in [0.1, 0.15) is 0 Å². The summed E-state index contributed by atoms with van der Waals surface area (Å²) in [5.41, 5.74) is 1.04. The monoisotopic (exact) mass is 431 g/mol. The van der Waals surface area contributed by atoms with E-state index in [4.69, 9.17) is 0 Å². The van der Waals surface area contributed by atoms with Crippen LogP contribution in [0.15, 0.2) is 17.6 Å². The van der Waals surface area contributed by atoms with Crippen molar-refractivity contribution in [1.82, 2.24) is 0 Å². The van der Waals surface area contributed by atoms with Crippen molar-refractivity contribution in [2.24, 2.45) is 39.5 Å². The SMILES string of the molecule is C=CCC(CCC(C)CCCCC(C)(C)CCC(C)CC1C(C)CCCC1(C)C)N=C. The predicted octanol–water partition coefficient (Wildman–Crippen LogP) is 9.90. The van der Waals surface area contributed by atoms with Gasteiger partial charge in [-0.3, -0.25) is 4.99 Å². The van der Waals surface area contributed by atoms with Gasteiger partial charge in [0.25, 0.3) is 0 Å². The van der Waals surface area contributed by atoms with Crippen molar-refractivity contribution in [2.75, 3.05) is 0 Å². The van der Waals surface area contributed by atoms with Gasteiger partial charge in [-0.05, 0) is 86.2 Å². The Morgan fingerprint density at radius 1 is 1.03 bits per heavy atom. The predicted molar refractivity (Wildman–Crippen MR) is 142 cm³/mol. The van der Waals surface area contributed by atoms with Crippen LogP contribution in [0.3, 0.4) is 0 Å². The Morgan fingerprint density at radius 2 is 1.74 bits per heavy atom. The smallest absolute Gasteiger partial charge is 0.0526 e. The number of hydrogen-bond acceptors (Lipinski definition) is 1. The molecule has 0 heterocycles. The highest BCUT2D eigenvalue weighted by Crippen LogP contribution is 2.47. The van der Waals surface area contributed by atoms with Crippen molar-refractivity contribution in [3.05, 3.63) is 12.7 Å². The number of aliphatic imine (C=N–C) groups is 1. The van der Waals surface area contributed by atoms with E-state index in [9.17, 15) is 0 Å². The van der Waals surface area contributed by atoms with Crippen LogP contribution in [0, 0.1) is 34.5 Å². The first-order valence-electron chi connectivity index (χ1n) is 13.6. The van der Waals surface area contributed by atoms with Crippen LogP contribution >= 0.6 is 0 Å². The molecule has 0 N–H and O–H groups in total. The lowest BCUT2D eigenvalue weighted by Gasteiger charge is -2.44. The summed E-state index contributed by atoms with van der Waals surface area (Å²) >= 11 is 0. The fraction of sp³-hybridized carbons (Fsp3) is 0.900. The van der Waals surface area contributed by atoms with Crippen molar-refractivity contribution >= 4 is 6.72 Å². The molecule has 0 aromatic rings. The van der Waals surface area contributed by atoms with Gasteiger partial charge in [-0.2, -0.15) is 0 Å². The van der Waals surface area contributed by atoms with Gasteiger partial charge < -0.3 is 0 Å². The first-order valence-corrected chi connectivity index (χ1v) is 13.6. The highest BCUT2D eigenvalue weighted by atomic mass is 14.7. The Labute approximate surface area is 197 Å². The van der Waals surface area contributed by atoms with E-state index in [1.54, 1.807) is 0 Å². The molecule has 0 amide bonds. The molecule has 1 aliphatic rings. The molecular weight excluding hydrogens is 374 g/mol. The first-order chi connectivity index (χ1) is 14.5. The summed E-state index contributed by atoms with van der Waals surface area (Å²) in [6.45, 7) is 25.1. The molecule has 5 unspecified atom stereocenters. The minimum atomic E-state index is 0.378. The van der Waals surface area contributed by atoms with Crippen LogP contribution in [0.25, 0.3) is 0 Å². The molecular formula is C30H57N. The van der Waals surface area contributed by atoms with Crippen LogP contribution < -0.4 is 0 Å². The quantitative estimate of drug-likeness (QED) is 0.131. The van der Waals surface area contributed by atoms with Gasteiger partial charge in [0.15, 0.2) is 0 Å². The molecule has 1 nitrogen and oxygen atoms in total. The van der Waals surface area contributed by atoms with Crippen molar-refractivity contribution in [1.29, 1.82) is 0 Å². The van der Waals surface area contributed by atoms with Gasteiger partial charge in [-0.1, -0.05) is 93.1 Å². The summed E-state index contributed by atoms with van der Waals surface area (Å²) in [4.78, 5) is 4.24. The van der Waals surface area contributed by atoms with Crippen LogP contribution in [0.4, 0.5) is 0 Å². The van der Waals surface area contributed by atoms with Crippen molar-refractivity contribution in [3.8, 4) is 0 Å². The van der Waals surface area contributed by atoms with Crippen LogP contribution in [-0.2, 0) is 0 Å². The summed E-state index contributed by atoms with van der Waals surface area (Å²) in [6, 6.07) is 0.378. The second kappa shape index (κ2) is 13.8. The van der Waals surface area contributed by atoms with E-state index in [2.05, 4.69) is 66.8 Å². The summed E-state index contributed by atoms with van der Waals surface area (Å²) in [6.07, 6.45) is 19.4. The highest BCUT2D eigenvalue weighted by molar-refractivity contribution is 5.24. The zero-order valence-electron chi connectivity index (χ0n) is 22.5. The topological polar surface area (TPSA) is 12.4 Å². The molecule has 0 bridgehead atoms. The molecule has 182 valence electrons. The largest absolute Gasteiger partial charge is 0.297 e. The summed E-state index contributed by atoms with van der Waals surface area (Å²) in [5, 5.41) is 0. The normalized spacial score (nSPS) is 24.4. The number of hydrogen-bond donors (Lipinski definition) is 0. The molecule has 0 aromatic carbocycles. The standard InChI is InChI=1S/C30H57N/c1-10-14-27(31-9)18-17-24(2)15-11-12-20-29(5,6)22-19-25(3)23-28-26(4)16-13-21-30(28,7)8/h10,24-28H,1,9,11-23H2,2-8H3. The minimum absolute atomic E-state index is 0.378. The van der Waals surface area contributed by atoms with Crippen LogP contribution in [0.5, 0.6) is 0 Å². The van der Waals surface area contributed by atoms with Gasteiger partial charge in [-0.25, -0.2) is 0 Å². The number of rotatable bonds is 16. The fourth-order valence-corrected chi connectivity index (χ4v) is 6.09. The zero-order chi connectivity index (χ0) is 23.5. The third kappa shape index (κ3) is 11.2. The van der Waals surface area contributed by atoms with E-state index in [0.29, 0.717) is 16.9 Å². The van der Waals surface area contributed by atoms with Crippen LogP contribution in [-0.4, -0.2) is 12.8 Å². The molecule has 31 heavy (non-hydrogen) atoms. The molecule has 0 aromatic heterocycles. The maximum absolute atomic E-state index is 4.24. The second-order valence-corrected chi connectivity index (χ2v) is 12.8. The molecule has 1 aliphatic carbocycles. The summed E-state index contributed by atoms with van der Waals surface area (Å²) in [7, 11) is 0. The average molecular weight is 432 g/mol. The summed E-state index contributed by atoms with van der Waals surface area (Å²) in [5.74, 6) is 3.50. The molecule has 5 atom stereocenters. The molecule has 0 saturated heterocycles. The van der Waals surface area contributed by atoms with Crippen molar-refractivity contribution in [3.63, 3.8) is 0 Å². The van der Waals surface area contributed by atoms with Gasteiger partial charge >= 0.3 is 0 Å².